The van der Waals surface area contributed by atoms with Crippen LogP contribution in [-0.4, -0.2) is 13.7 Å². The zero-order chi connectivity index (χ0) is 14.8. The summed E-state index contributed by atoms with van der Waals surface area (Å²) in [6.45, 7) is 2.79. The number of methoxy groups -OCH3 is 1. The van der Waals surface area contributed by atoms with Crippen molar-refractivity contribution in [2.45, 2.75) is 13.0 Å². The lowest BCUT2D eigenvalue weighted by Crippen LogP contribution is -2.28. The van der Waals surface area contributed by atoms with E-state index in [9.17, 15) is 4.39 Å². The average molecular weight is 287 g/mol. The van der Waals surface area contributed by atoms with Gasteiger partial charge in [-0.1, -0.05) is 25.1 Å². The Morgan fingerprint density at radius 1 is 1.24 bits per heavy atom. The van der Waals surface area contributed by atoms with Crippen LogP contribution in [-0.2, 0) is 0 Å². The van der Waals surface area contributed by atoms with Gasteiger partial charge in [0, 0.05) is 23.2 Å². The summed E-state index contributed by atoms with van der Waals surface area (Å²) in [5.41, 5.74) is 1.96. The first kappa shape index (κ1) is 13.7. The summed E-state index contributed by atoms with van der Waals surface area (Å²) in [6, 6.07) is 12.9. The lowest BCUT2D eigenvalue weighted by Gasteiger charge is -2.32. The van der Waals surface area contributed by atoms with Crippen LogP contribution in [0.15, 0.2) is 42.5 Å². The van der Waals surface area contributed by atoms with Crippen LogP contribution < -0.4 is 14.8 Å². The molecule has 3 rings (SSSR count). The third kappa shape index (κ3) is 2.66. The van der Waals surface area contributed by atoms with E-state index < -0.39 is 0 Å². The van der Waals surface area contributed by atoms with Crippen molar-refractivity contribution in [1.29, 1.82) is 0 Å². The van der Waals surface area contributed by atoms with Gasteiger partial charge < -0.3 is 14.8 Å². The van der Waals surface area contributed by atoms with Crippen molar-refractivity contribution in [2.24, 2.45) is 5.92 Å². The molecule has 0 aromatic heterocycles. The second kappa shape index (κ2) is 5.64. The lowest BCUT2D eigenvalue weighted by atomic mass is 9.92. The zero-order valence-electron chi connectivity index (χ0n) is 12.1. The molecule has 0 amide bonds. The highest BCUT2D eigenvalue weighted by atomic mass is 19.1. The SMILES string of the molecule is COc1cc(NC2c3ccccc3OCC2C)ccc1F. The third-order valence-electron chi connectivity index (χ3n) is 3.80. The van der Waals surface area contributed by atoms with E-state index in [4.69, 9.17) is 9.47 Å². The van der Waals surface area contributed by atoms with Gasteiger partial charge >= 0.3 is 0 Å². The Balaban J connectivity index is 1.90. The van der Waals surface area contributed by atoms with Gasteiger partial charge in [0.05, 0.1) is 19.8 Å². The molecule has 2 atom stereocenters. The van der Waals surface area contributed by atoms with Crippen LogP contribution in [0.4, 0.5) is 10.1 Å². The van der Waals surface area contributed by atoms with Gasteiger partial charge in [-0.3, -0.25) is 0 Å². The van der Waals surface area contributed by atoms with Crippen LogP contribution in [0.5, 0.6) is 11.5 Å². The minimum Gasteiger partial charge on any atom is -0.494 e. The van der Waals surface area contributed by atoms with E-state index in [1.807, 2.05) is 18.2 Å². The maximum absolute atomic E-state index is 13.5. The molecule has 0 fully saturated rings. The molecule has 2 aromatic rings. The molecule has 2 unspecified atom stereocenters. The van der Waals surface area contributed by atoms with E-state index >= 15 is 0 Å². The van der Waals surface area contributed by atoms with Crippen molar-refractivity contribution in [3.63, 3.8) is 0 Å². The van der Waals surface area contributed by atoms with Gasteiger partial charge in [0.15, 0.2) is 11.6 Å². The molecule has 3 nitrogen and oxygen atoms in total. The maximum atomic E-state index is 13.5. The summed E-state index contributed by atoms with van der Waals surface area (Å²) >= 11 is 0. The van der Waals surface area contributed by atoms with Gasteiger partial charge in [-0.05, 0) is 18.2 Å². The monoisotopic (exact) mass is 287 g/mol. The summed E-state index contributed by atoms with van der Waals surface area (Å²) in [7, 11) is 1.47. The fraction of sp³-hybridized carbons (Fsp3) is 0.294. The van der Waals surface area contributed by atoms with Crippen LogP contribution in [0.1, 0.15) is 18.5 Å². The predicted octanol–water partition coefficient (Wildman–Crippen LogP) is 4.02. The molecule has 0 aliphatic carbocycles. The van der Waals surface area contributed by atoms with Crippen molar-refractivity contribution in [2.75, 3.05) is 19.0 Å². The van der Waals surface area contributed by atoms with Gasteiger partial charge in [0.25, 0.3) is 0 Å². The molecular weight excluding hydrogens is 269 g/mol. The molecule has 21 heavy (non-hydrogen) atoms. The van der Waals surface area contributed by atoms with Crippen molar-refractivity contribution >= 4 is 5.69 Å². The fourth-order valence-electron chi connectivity index (χ4n) is 2.64. The van der Waals surface area contributed by atoms with E-state index in [1.165, 1.54) is 13.2 Å². The van der Waals surface area contributed by atoms with Crippen LogP contribution >= 0.6 is 0 Å². The summed E-state index contributed by atoms with van der Waals surface area (Å²) in [4.78, 5) is 0. The van der Waals surface area contributed by atoms with E-state index in [-0.39, 0.29) is 17.6 Å². The molecule has 1 heterocycles. The van der Waals surface area contributed by atoms with Gasteiger partial charge in [0.2, 0.25) is 0 Å². The Kier molecular flexibility index (Phi) is 3.69. The Hall–Kier alpha value is -2.23. The Bertz CT molecular complexity index is 644. The van der Waals surface area contributed by atoms with Gasteiger partial charge in [-0.25, -0.2) is 4.39 Å². The molecule has 0 bridgehead atoms. The smallest absolute Gasteiger partial charge is 0.165 e. The first-order valence-corrected chi connectivity index (χ1v) is 7.01. The minimum atomic E-state index is -0.358. The van der Waals surface area contributed by atoms with Gasteiger partial charge in [-0.2, -0.15) is 0 Å². The number of ether oxygens (including phenoxy) is 2. The lowest BCUT2D eigenvalue weighted by molar-refractivity contribution is 0.214. The fourth-order valence-corrected chi connectivity index (χ4v) is 2.64. The molecule has 2 aromatic carbocycles. The van der Waals surface area contributed by atoms with Crippen molar-refractivity contribution in [3.05, 3.63) is 53.8 Å². The summed E-state index contributed by atoms with van der Waals surface area (Å²) < 4.78 is 24.3. The summed E-state index contributed by atoms with van der Waals surface area (Å²) in [5, 5.41) is 3.46. The van der Waals surface area contributed by atoms with Crippen molar-refractivity contribution < 1.29 is 13.9 Å². The second-order valence-corrected chi connectivity index (χ2v) is 5.30. The molecule has 0 radical (unpaired) electrons. The van der Waals surface area contributed by atoms with Gasteiger partial charge in [-0.15, -0.1) is 0 Å². The summed E-state index contributed by atoms with van der Waals surface area (Å²) in [6.07, 6.45) is 0. The zero-order valence-corrected chi connectivity index (χ0v) is 12.1. The number of hydrogen-bond acceptors (Lipinski definition) is 3. The highest BCUT2D eigenvalue weighted by molar-refractivity contribution is 5.52. The summed E-state index contributed by atoms with van der Waals surface area (Å²) in [5.74, 6) is 1.11. The normalized spacial score (nSPS) is 20.3. The molecule has 0 spiro atoms. The second-order valence-electron chi connectivity index (χ2n) is 5.30. The number of rotatable bonds is 3. The van der Waals surface area contributed by atoms with Crippen LogP contribution in [0.3, 0.4) is 0 Å². The average Bonchev–Trinajstić information content (AvgIpc) is 2.52. The quantitative estimate of drug-likeness (QED) is 0.925. The molecular formula is C17H18FNO2. The number of anilines is 1. The number of halogens is 1. The number of hydrogen-bond donors (Lipinski definition) is 1. The topological polar surface area (TPSA) is 30.5 Å². The molecule has 4 heteroatoms. The van der Waals surface area contributed by atoms with E-state index in [0.29, 0.717) is 12.5 Å². The molecule has 0 saturated heterocycles. The highest BCUT2D eigenvalue weighted by Gasteiger charge is 2.27. The van der Waals surface area contributed by atoms with Crippen LogP contribution in [0, 0.1) is 11.7 Å². The third-order valence-corrected chi connectivity index (χ3v) is 3.80. The van der Waals surface area contributed by atoms with Crippen LogP contribution in [0.25, 0.3) is 0 Å². The number of para-hydroxylation sites is 1. The minimum absolute atomic E-state index is 0.130. The van der Waals surface area contributed by atoms with Crippen molar-refractivity contribution in [3.8, 4) is 11.5 Å². The molecule has 1 N–H and O–H groups in total. The molecule has 1 aliphatic rings. The Labute approximate surface area is 123 Å². The molecule has 110 valence electrons. The largest absolute Gasteiger partial charge is 0.494 e. The van der Waals surface area contributed by atoms with Crippen LogP contribution in [0.2, 0.25) is 0 Å². The van der Waals surface area contributed by atoms with Gasteiger partial charge in [0.1, 0.15) is 5.75 Å². The Morgan fingerprint density at radius 2 is 2.05 bits per heavy atom. The number of benzene rings is 2. The standard InChI is InChI=1S/C17H18FNO2/c1-11-10-21-15-6-4-3-5-13(15)17(11)19-12-7-8-14(18)16(9-12)20-2/h3-9,11,17,19H,10H2,1-2H3. The van der Waals surface area contributed by atoms with E-state index in [1.54, 1.807) is 12.1 Å². The highest BCUT2D eigenvalue weighted by Crippen LogP contribution is 2.37. The van der Waals surface area contributed by atoms with Crippen molar-refractivity contribution in [1.82, 2.24) is 0 Å². The number of nitrogens with one attached hydrogen (secondary N) is 1. The molecule has 0 saturated carbocycles. The Morgan fingerprint density at radius 3 is 2.86 bits per heavy atom. The molecule has 1 aliphatic heterocycles. The maximum Gasteiger partial charge on any atom is 0.165 e. The first-order chi connectivity index (χ1) is 10.2. The van der Waals surface area contributed by atoms with E-state index in [2.05, 4.69) is 18.3 Å². The predicted molar refractivity (Wildman–Crippen MR) is 80.4 cm³/mol. The number of fused-ring (bicyclic) bond motifs is 1. The first-order valence-electron chi connectivity index (χ1n) is 7.01. The van der Waals surface area contributed by atoms with E-state index in [0.717, 1.165) is 17.0 Å².